The zero-order valence-corrected chi connectivity index (χ0v) is 9.79. The van der Waals surface area contributed by atoms with E-state index in [4.69, 9.17) is 5.73 Å². The fourth-order valence-electron chi connectivity index (χ4n) is 1.54. The van der Waals surface area contributed by atoms with Gasteiger partial charge in [-0.05, 0) is 6.07 Å². The Labute approximate surface area is 102 Å². The highest BCUT2D eigenvalue weighted by Crippen LogP contribution is 2.21. The minimum absolute atomic E-state index is 0.416. The molecule has 1 heterocycles. The zero-order chi connectivity index (χ0) is 12.3. The largest absolute Gasteiger partial charge is 0.351 e. The SMILES string of the molecule is NC(=O)NC(=O)c1ccccc1C1=NCCS1. The molecule has 17 heavy (non-hydrogen) atoms. The minimum Gasteiger partial charge on any atom is -0.351 e. The molecule has 6 heteroatoms. The quantitative estimate of drug-likeness (QED) is 0.819. The van der Waals surface area contributed by atoms with Crippen molar-refractivity contribution >= 4 is 28.7 Å². The Hall–Kier alpha value is -1.82. The molecule has 0 radical (unpaired) electrons. The Morgan fingerprint density at radius 1 is 1.35 bits per heavy atom. The number of thioether (sulfide) groups is 1. The van der Waals surface area contributed by atoms with E-state index in [1.54, 1.807) is 23.9 Å². The lowest BCUT2D eigenvalue weighted by Gasteiger charge is -2.07. The van der Waals surface area contributed by atoms with E-state index in [-0.39, 0.29) is 0 Å². The first-order valence-electron chi connectivity index (χ1n) is 5.06. The summed E-state index contributed by atoms with van der Waals surface area (Å²) in [7, 11) is 0. The molecule has 0 fully saturated rings. The fourth-order valence-corrected chi connectivity index (χ4v) is 2.44. The van der Waals surface area contributed by atoms with Crippen LogP contribution in [0.1, 0.15) is 15.9 Å². The molecule has 1 aliphatic rings. The third-order valence-electron chi connectivity index (χ3n) is 2.22. The number of hydrogen-bond donors (Lipinski definition) is 2. The molecule has 3 N–H and O–H groups in total. The molecule has 1 aliphatic heterocycles. The number of hydrogen-bond acceptors (Lipinski definition) is 4. The average molecular weight is 249 g/mol. The van der Waals surface area contributed by atoms with Gasteiger partial charge in [-0.15, -0.1) is 11.8 Å². The first-order valence-corrected chi connectivity index (χ1v) is 6.04. The first kappa shape index (κ1) is 11.7. The number of aliphatic imine (C=N–C) groups is 1. The van der Waals surface area contributed by atoms with Crippen LogP contribution in [0.25, 0.3) is 0 Å². The summed E-state index contributed by atoms with van der Waals surface area (Å²) in [6.45, 7) is 0.756. The second kappa shape index (κ2) is 5.01. The van der Waals surface area contributed by atoms with Crippen LogP contribution in [-0.4, -0.2) is 29.3 Å². The van der Waals surface area contributed by atoms with E-state index in [0.29, 0.717) is 5.56 Å². The second-order valence-electron chi connectivity index (χ2n) is 3.40. The number of carbonyl (C=O) groups is 2. The van der Waals surface area contributed by atoms with Crippen LogP contribution >= 0.6 is 11.8 Å². The third kappa shape index (κ3) is 2.65. The van der Waals surface area contributed by atoms with Gasteiger partial charge in [0.1, 0.15) is 0 Å². The van der Waals surface area contributed by atoms with Crippen molar-refractivity contribution in [2.24, 2.45) is 10.7 Å². The number of nitrogens with two attached hydrogens (primary N) is 1. The summed E-state index contributed by atoms with van der Waals surface area (Å²) in [5.41, 5.74) is 6.09. The van der Waals surface area contributed by atoms with Gasteiger partial charge in [0.25, 0.3) is 5.91 Å². The van der Waals surface area contributed by atoms with Crippen LogP contribution in [-0.2, 0) is 0 Å². The molecule has 88 valence electrons. The number of carbonyl (C=O) groups excluding carboxylic acids is 2. The number of primary amides is 1. The standard InChI is InChI=1S/C11H11N3O2S/c12-11(16)14-9(15)7-3-1-2-4-8(7)10-13-5-6-17-10/h1-4H,5-6H2,(H3,12,14,15,16). The topological polar surface area (TPSA) is 84.5 Å². The van der Waals surface area contributed by atoms with Crippen molar-refractivity contribution in [1.82, 2.24) is 5.32 Å². The first-order chi connectivity index (χ1) is 8.18. The molecule has 0 saturated heterocycles. The van der Waals surface area contributed by atoms with Crippen LogP contribution < -0.4 is 11.1 Å². The molecule has 0 unspecified atom stereocenters. The van der Waals surface area contributed by atoms with Crippen LogP contribution in [0.5, 0.6) is 0 Å². The summed E-state index contributed by atoms with van der Waals surface area (Å²) in [6, 6.07) is 6.17. The minimum atomic E-state index is -0.856. The number of amides is 3. The Balaban J connectivity index is 2.33. The Morgan fingerprint density at radius 2 is 2.12 bits per heavy atom. The van der Waals surface area contributed by atoms with Crippen LogP contribution in [0.2, 0.25) is 0 Å². The summed E-state index contributed by atoms with van der Waals surface area (Å²) in [6.07, 6.45) is 0. The van der Waals surface area contributed by atoms with Gasteiger partial charge in [0.15, 0.2) is 0 Å². The molecule has 1 aromatic carbocycles. The number of rotatable bonds is 2. The van der Waals surface area contributed by atoms with Crippen molar-refractivity contribution in [3.63, 3.8) is 0 Å². The monoisotopic (exact) mass is 249 g/mol. The molecular weight excluding hydrogens is 238 g/mol. The van der Waals surface area contributed by atoms with Crippen molar-refractivity contribution in [1.29, 1.82) is 0 Å². The lowest BCUT2D eigenvalue weighted by molar-refractivity contribution is 0.0966. The van der Waals surface area contributed by atoms with Crippen molar-refractivity contribution in [3.05, 3.63) is 35.4 Å². The van der Waals surface area contributed by atoms with E-state index in [0.717, 1.165) is 22.9 Å². The van der Waals surface area contributed by atoms with Gasteiger partial charge < -0.3 is 5.73 Å². The van der Waals surface area contributed by atoms with E-state index in [1.807, 2.05) is 12.1 Å². The molecule has 0 aromatic heterocycles. The lowest BCUT2D eigenvalue weighted by atomic mass is 10.1. The molecule has 0 spiro atoms. The van der Waals surface area contributed by atoms with E-state index >= 15 is 0 Å². The second-order valence-corrected chi connectivity index (χ2v) is 4.48. The van der Waals surface area contributed by atoms with Crippen LogP contribution in [0.4, 0.5) is 4.79 Å². The van der Waals surface area contributed by atoms with Gasteiger partial charge in [0.2, 0.25) is 0 Å². The van der Waals surface area contributed by atoms with Gasteiger partial charge in [0, 0.05) is 23.4 Å². The Kier molecular flexibility index (Phi) is 3.43. The zero-order valence-electron chi connectivity index (χ0n) is 8.97. The Bertz CT molecular complexity index is 499. The van der Waals surface area contributed by atoms with Crippen LogP contribution in [0, 0.1) is 0 Å². The molecule has 0 atom stereocenters. The average Bonchev–Trinajstić information content (AvgIpc) is 2.81. The molecule has 1 aromatic rings. The summed E-state index contributed by atoms with van der Waals surface area (Å²) in [4.78, 5) is 26.7. The molecule has 0 aliphatic carbocycles. The van der Waals surface area contributed by atoms with Crippen molar-refractivity contribution < 1.29 is 9.59 Å². The third-order valence-corrected chi connectivity index (χ3v) is 3.23. The highest BCUT2D eigenvalue weighted by molar-refractivity contribution is 8.14. The van der Waals surface area contributed by atoms with Gasteiger partial charge in [-0.25, -0.2) is 4.79 Å². The predicted molar refractivity (Wildman–Crippen MR) is 67.4 cm³/mol. The van der Waals surface area contributed by atoms with E-state index in [2.05, 4.69) is 10.3 Å². The van der Waals surface area contributed by atoms with Crippen molar-refractivity contribution in [2.75, 3.05) is 12.3 Å². The molecular formula is C11H11N3O2S. The fraction of sp³-hybridized carbons (Fsp3) is 0.182. The van der Waals surface area contributed by atoms with Crippen molar-refractivity contribution in [3.8, 4) is 0 Å². The smallest absolute Gasteiger partial charge is 0.319 e. The van der Waals surface area contributed by atoms with E-state index in [9.17, 15) is 9.59 Å². The summed E-state index contributed by atoms with van der Waals surface area (Å²) >= 11 is 1.60. The van der Waals surface area contributed by atoms with Gasteiger partial charge in [-0.1, -0.05) is 18.2 Å². The highest BCUT2D eigenvalue weighted by Gasteiger charge is 2.18. The Morgan fingerprint density at radius 3 is 2.76 bits per heavy atom. The maximum absolute atomic E-state index is 11.8. The molecule has 5 nitrogen and oxygen atoms in total. The summed E-state index contributed by atoms with van der Waals surface area (Å²) < 4.78 is 0. The maximum atomic E-state index is 11.8. The summed E-state index contributed by atoms with van der Waals surface area (Å²) in [5, 5.41) is 2.89. The predicted octanol–water partition coefficient (Wildman–Crippen LogP) is 0.988. The molecule has 0 bridgehead atoms. The van der Waals surface area contributed by atoms with Crippen molar-refractivity contribution in [2.45, 2.75) is 0 Å². The van der Waals surface area contributed by atoms with Gasteiger partial charge in [0.05, 0.1) is 5.04 Å². The number of urea groups is 1. The van der Waals surface area contributed by atoms with E-state index in [1.165, 1.54) is 0 Å². The molecule has 0 saturated carbocycles. The summed E-state index contributed by atoms with van der Waals surface area (Å²) in [5.74, 6) is 0.421. The van der Waals surface area contributed by atoms with Crippen LogP contribution in [0.3, 0.4) is 0 Å². The maximum Gasteiger partial charge on any atom is 0.319 e. The number of nitrogens with one attached hydrogen (secondary N) is 1. The van der Waals surface area contributed by atoms with Gasteiger partial charge >= 0.3 is 6.03 Å². The number of nitrogens with zero attached hydrogens (tertiary/aromatic N) is 1. The van der Waals surface area contributed by atoms with Crippen LogP contribution in [0.15, 0.2) is 29.3 Å². The molecule has 2 rings (SSSR count). The molecule has 3 amide bonds. The van der Waals surface area contributed by atoms with Gasteiger partial charge in [-0.2, -0.15) is 0 Å². The van der Waals surface area contributed by atoms with E-state index < -0.39 is 11.9 Å². The number of imide groups is 1. The highest BCUT2D eigenvalue weighted by atomic mass is 32.2. The van der Waals surface area contributed by atoms with Gasteiger partial charge in [-0.3, -0.25) is 15.1 Å². The normalized spacial score (nSPS) is 14.2. The number of benzene rings is 1. The lowest BCUT2D eigenvalue weighted by Crippen LogP contribution is -2.35.